The minimum absolute atomic E-state index is 0.860. The third-order valence-electron chi connectivity index (χ3n) is 4.45. The van der Waals surface area contributed by atoms with E-state index in [9.17, 15) is 0 Å². The van der Waals surface area contributed by atoms with E-state index >= 15 is 0 Å². The van der Waals surface area contributed by atoms with Gasteiger partial charge in [-0.2, -0.15) is 0 Å². The zero-order chi connectivity index (χ0) is 15.6. The number of benzene rings is 2. The highest BCUT2D eigenvalue weighted by atomic mass is 15.2. The largest absolute Gasteiger partial charge is 0.337 e. The minimum atomic E-state index is 0.860. The molecule has 0 saturated carbocycles. The van der Waals surface area contributed by atoms with Crippen LogP contribution in [0.3, 0.4) is 0 Å². The Morgan fingerprint density at radius 1 is 1.09 bits per heavy atom. The zero-order valence-corrected chi connectivity index (χ0v) is 13.3. The van der Waals surface area contributed by atoms with Crippen LogP contribution in [0.1, 0.15) is 18.4 Å². The first-order valence-electron chi connectivity index (χ1n) is 8.10. The number of aryl methyl sites for hydroxylation is 1. The summed E-state index contributed by atoms with van der Waals surface area (Å²) in [6.07, 6.45) is 7.91. The first-order valence-corrected chi connectivity index (χ1v) is 8.10. The molecule has 0 fully saturated rings. The van der Waals surface area contributed by atoms with Crippen LogP contribution in [0.4, 0.5) is 5.69 Å². The summed E-state index contributed by atoms with van der Waals surface area (Å²) in [6.45, 7) is 1.87. The molecule has 0 aliphatic carbocycles. The number of unbranched alkanes of at least 4 members (excludes halogenated alkanes) is 1. The maximum Gasteiger partial charge on any atom is 0.135 e. The standard InChI is InChI=1S/C19H20N4/c1-22-17-9-5-7-15-6-4-8-16(18(15)17)19(22)21-10-2-3-12-23-13-11-20-14-23/h4-9,11,13-14H,2-3,10,12H2,1H3. The van der Waals surface area contributed by atoms with Crippen molar-refractivity contribution in [2.45, 2.75) is 19.4 Å². The monoisotopic (exact) mass is 304 g/mol. The first kappa shape index (κ1) is 14.0. The average Bonchev–Trinajstić information content (AvgIpc) is 3.18. The normalized spacial score (nSPS) is 15.0. The Kier molecular flexibility index (Phi) is 3.58. The quantitative estimate of drug-likeness (QED) is 0.673. The van der Waals surface area contributed by atoms with Crippen molar-refractivity contribution in [2.24, 2.45) is 4.99 Å². The number of anilines is 1. The summed E-state index contributed by atoms with van der Waals surface area (Å²) in [5.41, 5.74) is 2.52. The summed E-state index contributed by atoms with van der Waals surface area (Å²) >= 11 is 0. The van der Waals surface area contributed by atoms with Gasteiger partial charge in [0, 0.05) is 43.5 Å². The molecule has 0 unspecified atom stereocenters. The Hall–Kier alpha value is -2.62. The van der Waals surface area contributed by atoms with Crippen LogP contribution < -0.4 is 4.90 Å². The van der Waals surface area contributed by atoms with E-state index in [1.807, 2.05) is 18.7 Å². The van der Waals surface area contributed by atoms with Gasteiger partial charge in [0.1, 0.15) is 5.84 Å². The molecule has 3 aromatic rings. The molecule has 4 heteroatoms. The third kappa shape index (κ3) is 2.50. The summed E-state index contributed by atoms with van der Waals surface area (Å²) in [7, 11) is 2.11. The third-order valence-corrected chi connectivity index (χ3v) is 4.45. The van der Waals surface area contributed by atoms with Crippen LogP contribution in [0.15, 0.2) is 60.1 Å². The van der Waals surface area contributed by atoms with E-state index in [1.54, 1.807) is 0 Å². The number of hydrogen-bond acceptors (Lipinski definition) is 2. The van der Waals surface area contributed by atoms with Gasteiger partial charge in [-0.05, 0) is 24.3 Å². The van der Waals surface area contributed by atoms with E-state index in [2.05, 4.69) is 57.9 Å². The number of rotatable bonds is 5. The van der Waals surface area contributed by atoms with E-state index in [-0.39, 0.29) is 0 Å². The first-order chi connectivity index (χ1) is 11.3. The summed E-state index contributed by atoms with van der Waals surface area (Å²) < 4.78 is 2.12. The highest BCUT2D eigenvalue weighted by molar-refractivity contribution is 6.26. The Bertz CT molecular complexity index is 844. The highest BCUT2D eigenvalue weighted by Crippen LogP contribution is 2.36. The van der Waals surface area contributed by atoms with Crippen LogP contribution in [0.5, 0.6) is 0 Å². The fraction of sp³-hybridized carbons (Fsp3) is 0.263. The van der Waals surface area contributed by atoms with Gasteiger partial charge in [0.25, 0.3) is 0 Å². The molecule has 4 rings (SSSR count). The van der Waals surface area contributed by atoms with E-state index in [4.69, 9.17) is 4.99 Å². The van der Waals surface area contributed by atoms with E-state index in [0.717, 1.165) is 31.8 Å². The lowest BCUT2D eigenvalue weighted by Crippen LogP contribution is -2.22. The second-order valence-corrected chi connectivity index (χ2v) is 5.95. The number of nitrogens with zero attached hydrogens (tertiary/aromatic N) is 4. The van der Waals surface area contributed by atoms with E-state index in [1.165, 1.54) is 22.0 Å². The Balaban J connectivity index is 1.48. The van der Waals surface area contributed by atoms with Gasteiger partial charge in [0.2, 0.25) is 0 Å². The molecular formula is C19H20N4. The highest BCUT2D eigenvalue weighted by Gasteiger charge is 2.24. The molecule has 23 heavy (non-hydrogen) atoms. The van der Waals surface area contributed by atoms with Crippen LogP contribution in [0.2, 0.25) is 0 Å². The van der Waals surface area contributed by atoms with Crippen molar-refractivity contribution in [1.82, 2.24) is 9.55 Å². The maximum absolute atomic E-state index is 4.88. The number of hydrogen-bond donors (Lipinski definition) is 0. The summed E-state index contributed by atoms with van der Waals surface area (Å²) in [5.74, 6) is 1.10. The van der Waals surface area contributed by atoms with Gasteiger partial charge in [-0.1, -0.05) is 30.3 Å². The number of amidine groups is 1. The van der Waals surface area contributed by atoms with Gasteiger partial charge >= 0.3 is 0 Å². The molecule has 2 aromatic carbocycles. The fourth-order valence-corrected chi connectivity index (χ4v) is 3.28. The van der Waals surface area contributed by atoms with Crippen molar-refractivity contribution in [1.29, 1.82) is 0 Å². The molecular weight excluding hydrogens is 284 g/mol. The van der Waals surface area contributed by atoms with Crippen molar-refractivity contribution < 1.29 is 0 Å². The molecule has 1 aliphatic rings. The predicted molar refractivity (Wildman–Crippen MR) is 95.2 cm³/mol. The second-order valence-electron chi connectivity index (χ2n) is 5.95. The van der Waals surface area contributed by atoms with Crippen molar-refractivity contribution in [2.75, 3.05) is 18.5 Å². The molecule has 2 heterocycles. The summed E-state index contributed by atoms with van der Waals surface area (Å²) in [5, 5.41) is 2.62. The topological polar surface area (TPSA) is 33.4 Å². The average molecular weight is 304 g/mol. The van der Waals surface area contributed by atoms with Crippen molar-refractivity contribution >= 4 is 22.3 Å². The van der Waals surface area contributed by atoms with Crippen molar-refractivity contribution in [3.8, 4) is 0 Å². The van der Waals surface area contributed by atoms with Gasteiger partial charge in [-0.3, -0.25) is 4.99 Å². The Labute approximate surface area is 136 Å². The molecule has 0 saturated heterocycles. The van der Waals surface area contributed by atoms with Gasteiger partial charge in [0.05, 0.1) is 12.0 Å². The van der Waals surface area contributed by atoms with Gasteiger partial charge in [0.15, 0.2) is 0 Å². The molecule has 0 radical (unpaired) electrons. The van der Waals surface area contributed by atoms with Gasteiger partial charge < -0.3 is 9.47 Å². The van der Waals surface area contributed by atoms with Crippen LogP contribution in [0.25, 0.3) is 10.8 Å². The molecule has 0 spiro atoms. The molecule has 0 atom stereocenters. The van der Waals surface area contributed by atoms with Crippen LogP contribution in [0, 0.1) is 0 Å². The predicted octanol–water partition coefficient (Wildman–Crippen LogP) is 3.71. The minimum Gasteiger partial charge on any atom is -0.337 e. The van der Waals surface area contributed by atoms with E-state index < -0.39 is 0 Å². The van der Waals surface area contributed by atoms with E-state index in [0.29, 0.717) is 0 Å². The molecule has 0 amide bonds. The maximum atomic E-state index is 4.88. The number of aromatic nitrogens is 2. The molecule has 1 aliphatic heterocycles. The molecule has 0 N–H and O–H groups in total. The molecule has 116 valence electrons. The van der Waals surface area contributed by atoms with Gasteiger partial charge in [-0.15, -0.1) is 0 Å². The van der Waals surface area contributed by atoms with Crippen molar-refractivity contribution in [3.63, 3.8) is 0 Å². The molecule has 0 bridgehead atoms. The lowest BCUT2D eigenvalue weighted by Gasteiger charge is -2.14. The SMILES string of the molecule is CN1C(=NCCCCn2ccnc2)c2cccc3cccc1c23. The Morgan fingerprint density at radius 3 is 2.78 bits per heavy atom. The molecule has 1 aromatic heterocycles. The Morgan fingerprint density at radius 2 is 1.96 bits per heavy atom. The van der Waals surface area contributed by atoms with Crippen LogP contribution >= 0.6 is 0 Å². The lowest BCUT2D eigenvalue weighted by molar-refractivity contribution is 0.615. The zero-order valence-electron chi connectivity index (χ0n) is 13.3. The number of imidazole rings is 1. The summed E-state index contributed by atoms with van der Waals surface area (Å²) in [4.78, 5) is 11.2. The lowest BCUT2D eigenvalue weighted by atomic mass is 10.1. The summed E-state index contributed by atoms with van der Waals surface area (Å²) in [6, 6.07) is 12.9. The fourth-order valence-electron chi connectivity index (χ4n) is 3.28. The smallest absolute Gasteiger partial charge is 0.135 e. The van der Waals surface area contributed by atoms with Gasteiger partial charge in [-0.25, -0.2) is 4.98 Å². The van der Waals surface area contributed by atoms with Crippen LogP contribution in [-0.4, -0.2) is 29.0 Å². The molecule has 4 nitrogen and oxygen atoms in total. The number of aliphatic imine (C=N–C) groups is 1. The second kappa shape index (κ2) is 5.88. The van der Waals surface area contributed by atoms with Crippen LogP contribution in [-0.2, 0) is 6.54 Å². The van der Waals surface area contributed by atoms with Crippen molar-refractivity contribution in [3.05, 3.63) is 60.7 Å².